The van der Waals surface area contributed by atoms with Crippen LogP contribution in [0.4, 0.5) is 0 Å². The van der Waals surface area contributed by atoms with Gasteiger partial charge in [0.1, 0.15) is 13.2 Å². The van der Waals surface area contributed by atoms with Gasteiger partial charge < -0.3 is 14.2 Å². The first kappa shape index (κ1) is 59.1. The molecule has 0 spiro atoms. The molecule has 0 amide bonds. The highest BCUT2D eigenvalue weighted by Gasteiger charge is 2.19. The van der Waals surface area contributed by atoms with E-state index in [4.69, 9.17) is 14.2 Å². The molecule has 0 saturated carbocycles. The third kappa shape index (κ3) is 49.0. The Balaban J connectivity index is 4.48. The van der Waals surface area contributed by atoms with Gasteiger partial charge in [0.2, 0.25) is 0 Å². The summed E-state index contributed by atoms with van der Waals surface area (Å²) in [5.41, 5.74) is 0. The van der Waals surface area contributed by atoms with Crippen LogP contribution in [-0.2, 0) is 28.6 Å². The van der Waals surface area contributed by atoms with Crippen molar-refractivity contribution in [3.05, 3.63) is 109 Å². The Morgan fingerprint density at radius 3 is 1.06 bits per heavy atom. The first-order valence-corrected chi connectivity index (χ1v) is 25.4. The molecule has 0 fully saturated rings. The van der Waals surface area contributed by atoms with Gasteiger partial charge in [-0.1, -0.05) is 214 Å². The second-order valence-corrected chi connectivity index (χ2v) is 16.3. The SMILES string of the molecule is CC/C=C\C/C=C\C/C=C\C/C=C\C/C=C\C/C=C\CCC(=O)OCC(COC(=O)CCCCCCCCCCC)OC(=O)CCCCCCCCC/C=C\C/C=C\C/C=C\CC. The van der Waals surface area contributed by atoms with E-state index in [1.54, 1.807) is 0 Å². The lowest BCUT2D eigenvalue weighted by Crippen LogP contribution is -2.30. The molecular formula is C57H92O6. The van der Waals surface area contributed by atoms with E-state index in [2.05, 4.69) is 118 Å². The van der Waals surface area contributed by atoms with Crippen LogP contribution in [0.2, 0.25) is 0 Å². The Bertz CT molecular complexity index is 1330. The predicted molar refractivity (Wildman–Crippen MR) is 270 cm³/mol. The van der Waals surface area contributed by atoms with Crippen molar-refractivity contribution >= 4 is 17.9 Å². The lowest BCUT2D eigenvalue weighted by molar-refractivity contribution is -0.166. The van der Waals surface area contributed by atoms with Gasteiger partial charge in [-0.05, 0) is 89.9 Å². The third-order valence-electron chi connectivity index (χ3n) is 10.3. The van der Waals surface area contributed by atoms with E-state index in [-0.39, 0.29) is 37.5 Å². The van der Waals surface area contributed by atoms with Gasteiger partial charge in [0.25, 0.3) is 0 Å². The second kappa shape index (κ2) is 50.7. The van der Waals surface area contributed by atoms with Crippen molar-refractivity contribution in [3.8, 4) is 0 Å². The minimum atomic E-state index is -0.813. The van der Waals surface area contributed by atoms with E-state index >= 15 is 0 Å². The fourth-order valence-corrected chi connectivity index (χ4v) is 6.54. The standard InChI is InChI=1S/C57H92O6/c1-4-7-10-13-16-19-21-23-25-27-28-30-31-33-35-38-41-44-47-50-56(59)62-53-54(52-61-55(58)49-46-43-40-37-18-15-12-9-6-3)63-57(60)51-48-45-42-39-36-34-32-29-26-24-22-20-17-14-11-8-5-2/h7-8,10-11,16-17,19-20,23-26,28,30,33,35,41,44,54H,4-6,9,12-15,18,21-22,27,29,31-32,34,36-40,42-43,45-53H2,1-3H3/b10-7-,11-8-,19-16-,20-17-,25-23-,26-24-,30-28-,35-33-,44-41-. The van der Waals surface area contributed by atoms with Gasteiger partial charge >= 0.3 is 17.9 Å². The van der Waals surface area contributed by atoms with Crippen molar-refractivity contribution < 1.29 is 28.6 Å². The van der Waals surface area contributed by atoms with Gasteiger partial charge in [0.05, 0.1) is 0 Å². The number of ether oxygens (including phenoxy) is 3. The van der Waals surface area contributed by atoms with Gasteiger partial charge in [-0.2, -0.15) is 0 Å². The summed E-state index contributed by atoms with van der Waals surface area (Å²) in [6.07, 6.45) is 68.0. The first-order valence-electron chi connectivity index (χ1n) is 25.4. The van der Waals surface area contributed by atoms with Gasteiger partial charge in [0.15, 0.2) is 6.10 Å². The molecule has 0 aliphatic heterocycles. The second-order valence-electron chi connectivity index (χ2n) is 16.3. The Hall–Kier alpha value is -3.93. The molecule has 0 radical (unpaired) electrons. The van der Waals surface area contributed by atoms with Gasteiger partial charge in [-0.25, -0.2) is 0 Å². The summed E-state index contributed by atoms with van der Waals surface area (Å²) in [5, 5.41) is 0. The van der Waals surface area contributed by atoms with Crippen LogP contribution in [0.25, 0.3) is 0 Å². The predicted octanol–water partition coefficient (Wildman–Crippen LogP) is 16.8. The Kier molecular flexibility index (Phi) is 47.5. The molecule has 0 saturated heterocycles. The van der Waals surface area contributed by atoms with Crippen LogP contribution in [0.3, 0.4) is 0 Å². The number of hydrogen-bond acceptors (Lipinski definition) is 6. The molecule has 0 aromatic carbocycles. The Morgan fingerprint density at radius 1 is 0.333 bits per heavy atom. The summed E-state index contributed by atoms with van der Waals surface area (Å²) in [5.74, 6) is -1.01. The molecule has 0 aromatic heterocycles. The fourth-order valence-electron chi connectivity index (χ4n) is 6.54. The normalized spacial score (nSPS) is 13.0. The lowest BCUT2D eigenvalue weighted by Gasteiger charge is -2.18. The number of allylic oxidation sites excluding steroid dienone is 18. The summed E-state index contributed by atoms with van der Waals surface area (Å²) in [6, 6.07) is 0. The molecule has 6 heteroatoms. The zero-order chi connectivity index (χ0) is 45.8. The zero-order valence-corrected chi connectivity index (χ0v) is 40.5. The number of esters is 3. The van der Waals surface area contributed by atoms with Gasteiger partial charge in [0, 0.05) is 19.3 Å². The minimum Gasteiger partial charge on any atom is -0.462 e. The molecule has 1 unspecified atom stereocenters. The van der Waals surface area contributed by atoms with Crippen LogP contribution < -0.4 is 0 Å². The number of carbonyl (C=O) groups is 3. The Morgan fingerprint density at radius 2 is 0.651 bits per heavy atom. The molecule has 63 heavy (non-hydrogen) atoms. The number of rotatable bonds is 44. The highest BCUT2D eigenvalue weighted by molar-refractivity contribution is 5.71. The molecule has 0 N–H and O–H groups in total. The maximum Gasteiger partial charge on any atom is 0.306 e. The van der Waals surface area contributed by atoms with E-state index < -0.39 is 6.10 Å². The molecule has 0 aliphatic carbocycles. The highest BCUT2D eigenvalue weighted by Crippen LogP contribution is 2.13. The van der Waals surface area contributed by atoms with E-state index in [9.17, 15) is 14.4 Å². The van der Waals surface area contributed by atoms with Crippen molar-refractivity contribution in [1.82, 2.24) is 0 Å². The number of hydrogen-bond donors (Lipinski definition) is 0. The Labute approximate surface area is 387 Å². The van der Waals surface area contributed by atoms with Crippen LogP contribution in [0, 0.1) is 0 Å². The quantitative estimate of drug-likeness (QED) is 0.0263. The number of unbranched alkanes of at least 4 members (excludes halogenated alkanes) is 15. The summed E-state index contributed by atoms with van der Waals surface area (Å²) in [6.45, 7) is 6.30. The van der Waals surface area contributed by atoms with E-state index in [0.717, 1.165) is 103 Å². The molecule has 0 aromatic rings. The van der Waals surface area contributed by atoms with Crippen molar-refractivity contribution in [3.63, 3.8) is 0 Å². The van der Waals surface area contributed by atoms with E-state index in [1.165, 1.54) is 64.2 Å². The minimum absolute atomic E-state index is 0.106. The maximum atomic E-state index is 12.8. The van der Waals surface area contributed by atoms with Crippen LogP contribution in [0.5, 0.6) is 0 Å². The molecule has 1 atom stereocenters. The molecule has 356 valence electrons. The smallest absolute Gasteiger partial charge is 0.306 e. The lowest BCUT2D eigenvalue weighted by atomic mass is 10.1. The van der Waals surface area contributed by atoms with E-state index in [1.807, 2.05) is 12.2 Å². The molecule has 0 bridgehead atoms. The highest BCUT2D eigenvalue weighted by atomic mass is 16.6. The van der Waals surface area contributed by atoms with E-state index in [0.29, 0.717) is 19.3 Å². The molecule has 0 aliphatic rings. The summed E-state index contributed by atoms with van der Waals surface area (Å²) >= 11 is 0. The summed E-state index contributed by atoms with van der Waals surface area (Å²) in [7, 11) is 0. The zero-order valence-electron chi connectivity index (χ0n) is 40.5. The fraction of sp³-hybridized carbons (Fsp3) is 0.632. The molecule has 6 nitrogen and oxygen atoms in total. The average Bonchev–Trinajstić information content (AvgIpc) is 3.28. The van der Waals surface area contributed by atoms with Crippen molar-refractivity contribution in [2.24, 2.45) is 0 Å². The van der Waals surface area contributed by atoms with Crippen LogP contribution >= 0.6 is 0 Å². The topological polar surface area (TPSA) is 78.9 Å². The van der Waals surface area contributed by atoms with Crippen molar-refractivity contribution in [2.45, 2.75) is 219 Å². The molecule has 0 heterocycles. The maximum absolute atomic E-state index is 12.8. The van der Waals surface area contributed by atoms with Crippen LogP contribution in [-0.4, -0.2) is 37.2 Å². The van der Waals surface area contributed by atoms with Gasteiger partial charge in [-0.15, -0.1) is 0 Å². The summed E-state index contributed by atoms with van der Waals surface area (Å²) < 4.78 is 16.7. The van der Waals surface area contributed by atoms with Crippen molar-refractivity contribution in [1.29, 1.82) is 0 Å². The van der Waals surface area contributed by atoms with Crippen molar-refractivity contribution in [2.75, 3.05) is 13.2 Å². The average molecular weight is 873 g/mol. The van der Waals surface area contributed by atoms with Crippen LogP contribution in [0.15, 0.2) is 109 Å². The molecular weight excluding hydrogens is 781 g/mol. The first-order chi connectivity index (χ1) is 31.0. The monoisotopic (exact) mass is 873 g/mol. The number of carbonyl (C=O) groups excluding carboxylic acids is 3. The van der Waals surface area contributed by atoms with Crippen LogP contribution in [0.1, 0.15) is 213 Å². The third-order valence-corrected chi connectivity index (χ3v) is 10.3. The summed E-state index contributed by atoms with van der Waals surface area (Å²) in [4.78, 5) is 37.9. The molecule has 0 rings (SSSR count). The largest absolute Gasteiger partial charge is 0.462 e. The van der Waals surface area contributed by atoms with Gasteiger partial charge in [-0.3, -0.25) is 14.4 Å².